The fourth-order valence-corrected chi connectivity index (χ4v) is 0.852. The molecule has 1 rings (SSSR count). The highest BCUT2D eigenvalue weighted by atomic mass is 79.9. The van der Waals surface area contributed by atoms with Crippen molar-refractivity contribution in [2.75, 3.05) is 0 Å². The monoisotopic (exact) mass is 207 g/mol. The van der Waals surface area contributed by atoms with E-state index in [9.17, 15) is 5.21 Å². The fourth-order valence-electron chi connectivity index (χ4n) is 0.445. The molecule has 0 fully saturated rings. The van der Waals surface area contributed by atoms with Crippen molar-refractivity contribution in [1.82, 2.24) is 0 Å². The number of hydrogen-bond acceptors (Lipinski definition) is 1. The fraction of sp³-hybridized carbons (Fsp3) is 0. The quantitative estimate of drug-likeness (QED) is 0.362. The van der Waals surface area contributed by atoms with Crippen LogP contribution in [0.4, 0.5) is 0 Å². The second-order valence-corrected chi connectivity index (χ2v) is 2.63. The number of nitrogens with zero attached hydrogens (tertiary/aromatic N) is 1. The van der Waals surface area contributed by atoms with Crippen LogP contribution in [0.5, 0.6) is 0 Å². The largest absolute Gasteiger partial charge is 0.618 e. The van der Waals surface area contributed by atoms with Gasteiger partial charge in [0.15, 0.2) is 6.20 Å². The maximum absolute atomic E-state index is 10.6. The minimum atomic E-state index is 0.353. The van der Waals surface area contributed by atoms with Gasteiger partial charge in [-0.1, -0.05) is 11.6 Å². The second kappa shape index (κ2) is 2.54. The lowest BCUT2D eigenvalue weighted by atomic mass is 10.5. The van der Waals surface area contributed by atoms with Gasteiger partial charge in [-0.15, -0.1) is 0 Å². The van der Waals surface area contributed by atoms with Crippen LogP contribution < -0.4 is 4.73 Å². The standard InChI is InChI=1S/C5H3BrClNO/c6-5-4(7)2-1-3-8(5)9/h1-3H. The number of pyridine rings is 1. The molecule has 0 spiro atoms. The third-order valence-electron chi connectivity index (χ3n) is 0.855. The molecule has 0 bridgehead atoms. The van der Waals surface area contributed by atoms with Gasteiger partial charge in [0.1, 0.15) is 5.02 Å². The topological polar surface area (TPSA) is 26.9 Å². The van der Waals surface area contributed by atoms with E-state index < -0.39 is 0 Å². The predicted molar refractivity (Wildman–Crippen MR) is 38.1 cm³/mol. The van der Waals surface area contributed by atoms with E-state index in [0.717, 1.165) is 0 Å². The summed E-state index contributed by atoms with van der Waals surface area (Å²) in [7, 11) is 0. The summed E-state index contributed by atoms with van der Waals surface area (Å²) in [4.78, 5) is 0. The second-order valence-electron chi connectivity index (χ2n) is 1.47. The summed E-state index contributed by atoms with van der Waals surface area (Å²) >= 11 is 8.54. The van der Waals surface area contributed by atoms with E-state index in [0.29, 0.717) is 14.4 Å². The third kappa shape index (κ3) is 1.34. The van der Waals surface area contributed by atoms with Crippen LogP contribution in [0.15, 0.2) is 22.9 Å². The van der Waals surface area contributed by atoms with Crippen molar-refractivity contribution in [1.29, 1.82) is 0 Å². The summed E-state index contributed by atoms with van der Waals surface area (Å²) in [6, 6.07) is 3.22. The SMILES string of the molecule is [O-][n+]1cccc(Cl)c1Br. The van der Waals surface area contributed by atoms with Gasteiger partial charge < -0.3 is 5.21 Å². The van der Waals surface area contributed by atoms with E-state index in [2.05, 4.69) is 15.9 Å². The predicted octanol–water partition coefficient (Wildman–Crippen LogP) is 1.74. The van der Waals surface area contributed by atoms with Crippen molar-refractivity contribution in [3.8, 4) is 0 Å². The van der Waals surface area contributed by atoms with Gasteiger partial charge in [0.25, 0.3) is 4.60 Å². The molecule has 9 heavy (non-hydrogen) atoms. The van der Waals surface area contributed by atoms with Crippen LogP contribution in [0.2, 0.25) is 5.02 Å². The molecule has 0 aromatic carbocycles. The lowest BCUT2D eigenvalue weighted by molar-refractivity contribution is -0.617. The zero-order valence-electron chi connectivity index (χ0n) is 4.34. The van der Waals surface area contributed by atoms with Crippen LogP contribution in [0, 0.1) is 5.21 Å². The van der Waals surface area contributed by atoms with E-state index >= 15 is 0 Å². The molecule has 48 valence electrons. The minimum Gasteiger partial charge on any atom is -0.618 e. The Bertz CT molecular complexity index is 208. The Kier molecular flexibility index (Phi) is 1.93. The van der Waals surface area contributed by atoms with Gasteiger partial charge >= 0.3 is 0 Å². The molecule has 0 saturated heterocycles. The maximum atomic E-state index is 10.6. The van der Waals surface area contributed by atoms with Crippen LogP contribution in [-0.2, 0) is 0 Å². The number of rotatable bonds is 0. The van der Waals surface area contributed by atoms with Gasteiger partial charge in [-0.3, -0.25) is 0 Å². The molecular weight excluding hydrogens is 205 g/mol. The van der Waals surface area contributed by atoms with Crippen LogP contribution in [0.3, 0.4) is 0 Å². The Morgan fingerprint density at radius 1 is 1.67 bits per heavy atom. The third-order valence-corrected chi connectivity index (χ3v) is 2.16. The first kappa shape index (κ1) is 6.83. The molecule has 2 nitrogen and oxygen atoms in total. The smallest absolute Gasteiger partial charge is 0.277 e. The van der Waals surface area contributed by atoms with Gasteiger partial charge in [-0.05, 0) is 6.07 Å². The first-order chi connectivity index (χ1) is 4.22. The van der Waals surface area contributed by atoms with E-state index in [1.54, 1.807) is 12.1 Å². The average molecular weight is 208 g/mol. The zero-order chi connectivity index (χ0) is 6.85. The molecule has 0 aliphatic carbocycles. The van der Waals surface area contributed by atoms with Crippen molar-refractivity contribution < 1.29 is 4.73 Å². The van der Waals surface area contributed by atoms with Gasteiger partial charge in [0.05, 0.1) is 0 Å². The molecule has 0 saturated carbocycles. The average Bonchev–Trinajstić information content (AvgIpc) is 1.83. The molecule has 1 aromatic heterocycles. The molecule has 1 aromatic rings. The van der Waals surface area contributed by atoms with Crippen molar-refractivity contribution in [3.05, 3.63) is 33.2 Å². The molecule has 1 heterocycles. The highest BCUT2D eigenvalue weighted by Crippen LogP contribution is 2.15. The Hall–Kier alpha value is -0.280. The summed E-state index contributed by atoms with van der Waals surface area (Å²) < 4.78 is 1.01. The molecule has 4 heteroatoms. The van der Waals surface area contributed by atoms with Crippen LogP contribution in [0.1, 0.15) is 0 Å². The first-order valence-electron chi connectivity index (χ1n) is 2.25. The first-order valence-corrected chi connectivity index (χ1v) is 3.42. The Balaban J connectivity index is 3.25. The van der Waals surface area contributed by atoms with Crippen molar-refractivity contribution in [3.63, 3.8) is 0 Å². The Morgan fingerprint density at radius 3 is 2.78 bits per heavy atom. The zero-order valence-corrected chi connectivity index (χ0v) is 6.69. The summed E-state index contributed by atoms with van der Waals surface area (Å²) in [6.45, 7) is 0. The van der Waals surface area contributed by atoms with Gasteiger partial charge in [-0.25, -0.2) is 0 Å². The summed E-state index contributed by atoms with van der Waals surface area (Å²) in [5.74, 6) is 0. The van der Waals surface area contributed by atoms with Gasteiger partial charge in [0.2, 0.25) is 0 Å². The maximum Gasteiger partial charge on any atom is 0.277 e. The highest BCUT2D eigenvalue weighted by molar-refractivity contribution is 9.10. The van der Waals surface area contributed by atoms with E-state index in [1.807, 2.05) is 0 Å². The lowest BCUT2D eigenvalue weighted by Gasteiger charge is -1.96. The van der Waals surface area contributed by atoms with Crippen LogP contribution in [0.25, 0.3) is 0 Å². The highest BCUT2D eigenvalue weighted by Gasteiger charge is 2.03. The molecule has 0 aliphatic rings. The van der Waals surface area contributed by atoms with E-state index in [4.69, 9.17) is 11.6 Å². The van der Waals surface area contributed by atoms with Gasteiger partial charge in [0, 0.05) is 22.0 Å². The van der Waals surface area contributed by atoms with Crippen LogP contribution in [-0.4, -0.2) is 0 Å². The van der Waals surface area contributed by atoms with E-state index in [-0.39, 0.29) is 0 Å². The summed E-state index contributed by atoms with van der Waals surface area (Å²) in [6.07, 6.45) is 1.37. The molecule has 0 unspecified atom stereocenters. The molecule has 0 atom stereocenters. The summed E-state index contributed by atoms with van der Waals surface area (Å²) in [5, 5.41) is 11.0. The Morgan fingerprint density at radius 2 is 2.33 bits per heavy atom. The number of halogens is 2. The summed E-state index contributed by atoms with van der Waals surface area (Å²) in [5.41, 5.74) is 0. The number of aromatic nitrogens is 1. The van der Waals surface area contributed by atoms with Crippen LogP contribution >= 0.6 is 27.5 Å². The van der Waals surface area contributed by atoms with Crippen molar-refractivity contribution >= 4 is 27.5 Å². The van der Waals surface area contributed by atoms with Crippen molar-refractivity contribution in [2.24, 2.45) is 0 Å². The molecule has 0 amide bonds. The van der Waals surface area contributed by atoms with E-state index in [1.165, 1.54) is 6.20 Å². The molecular formula is C5H3BrClNO. The Labute approximate surface area is 65.8 Å². The molecule has 0 aliphatic heterocycles. The van der Waals surface area contributed by atoms with Gasteiger partial charge in [-0.2, -0.15) is 4.73 Å². The molecule has 0 N–H and O–H groups in total. The van der Waals surface area contributed by atoms with Crippen molar-refractivity contribution in [2.45, 2.75) is 0 Å². The lowest BCUT2D eigenvalue weighted by Crippen LogP contribution is -2.26. The molecule has 0 radical (unpaired) electrons. The normalized spacial score (nSPS) is 9.56. The minimum absolute atomic E-state index is 0.353. The number of hydrogen-bond donors (Lipinski definition) is 0.